The molecule has 0 saturated carbocycles. The van der Waals surface area contributed by atoms with Crippen LogP contribution < -0.4 is 10.6 Å². The summed E-state index contributed by atoms with van der Waals surface area (Å²) in [5, 5.41) is 6.69. The molecule has 0 spiro atoms. The van der Waals surface area contributed by atoms with Gasteiger partial charge in [0.1, 0.15) is 0 Å². The van der Waals surface area contributed by atoms with E-state index in [9.17, 15) is 0 Å². The first-order valence-electron chi connectivity index (χ1n) is 9.36. The van der Waals surface area contributed by atoms with E-state index >= 15 is 0 Å². The lowest BCUT2D eigenvalue weighted by Crippen LogP contribution is -2.40. The smallest absolute Gasteiger partial charge is 0.191 e. The SMILES string of the molecule is CN=C(NCCCN1CCC(C)CC1)NCCOCCC(C)C.I. The molecule has 2 N–H and O–H groups in total. The normalized spacial score (nSPS) is 17.0. The largest absolute Gasteiger partial charge is 0.380 e. The number of nitrogens with one attached hydrogen (secondary N) is 2. The summed E-state index contributed by atoms with van der Waals surface area (Å²) in [5.74, 6) is 2.50. The quantitative estimate of drug-likeness (QED) is 0.231. The van der Waals surface area contributed by atoms with E-state index in [1.165, 1.54) is 38.9 Å². The van der Waals surface area contributed by atoms with Gasteiger partial charge in [-0.2, -0.15) is 0 Å². The number of likely N-dealkylation sites (tertiary alicyclic amines) is 1. The van der Waals surface area contributed by atoms with Gasteiger partial charge in [-0.1, -0.05) is 20.8 Å². The predicted molar refractivity (Wildman–Crippen MR) is 115 cm³/mol. The van der Waals surface area contributed by atoms with E-state index < -0.39 is 0 Å². The van der Waals surface area contributed by atoms with Crippen LogP contribution in [0.2, 0.25) is 0 Å². The number of halogens is 1. The minimum absolute atomic E-state index is 0. The van der Waals surface area contributed by atoms with Crippen molar-refractivity contribution >= 4 is 29.9 Å². The second-order valence-corrected chi connectivity index (χ2v) is 7.10. The number of ether oxygens (including phenoxy) is 1. The highest BCUT2D eigenvalue weighted by atomic mass is 127. The molecule has 0 aromatic carbocycles. The number of guanidine groups is 1. The lowest BCUT2D eigenvalue weighted by atomic mass is 9.99. The van der Waals surface area contributed by atoms with Crippen LogP contribution >= 0.6 is 24.0 Å². The lowest BCUT2D eigenvalue weighted by molar-refractivity contribution is 0.128. The van der Waals surface area contributed by atoms with Crippen LogP contribution in [0.3, 0.4) is 0 Å². The maximum atomic E-state index is 5.60. The Kier molecular flexibility index (Phi) is 15.1. The molecular weight excluding hydrogens is 415 g/mol. The third-order valence-corrected chi connectivity index (χ3v) is 4.42. The molecule has 0 amide bonds. The number of rotatable bonds is 10. The summed E-state index contributed by atoms with van der Waals surface area (Å²) in [6.45, 7) is 13.9. The second-order valence-electron chi connectivity index (χ2n) is 7.10. The minimum atomic E-state index is 0. The summed E-state index contributed by atoms with van der Waals surface area (Å²) in [6, 6.07) is 0. The molecule has 1 saturated heterocycles. The molecule has 0 aliphatic carbocycles. The molecular formula is C18H39IN4O. The molecule has 0 unspecified atom stereocenters. The summed E-state index contributed by atoms with van der Waals surface area (Å²) in [4.78, 5) is 6.84. The Morgan fingerprint density at radius 1 is 1.17 bits per heavy atom. The predicted octanol–water partition coefficient (Wildman–Crippen LogP) is 2.95. The molecule has 1 heterocycles. The Hall–Kier alpha value is -0.0800. The van der Waals surface area contributed by atoms with E-state index in [2.05, 4.69) is 41.3 Å². The molecule has 144 valence electrons. The first-order valence-corrected chi connectivity index (χ1v) is 9.36. The van der Waals surface area contributed by atoms with Crippen molar-refractivity contribution in [3.63, 3.8) is 0 Å². The molecule has 1 aliphatic heterocycles. The van der Waals surface area contributed by atoms with Gasteiger partial charge in [-0.3, -0.25) is 4.99 Å². The van der Waals surface area contributed by atoms with Gasteiger partial charge in [0.05, 0.1) is 6.61 Å². The summed E-state index contributed by atoms with van der Waals surface area (Å²) < 4.78 is 5.60. The summed E-state index contributed by atoms with van der Waals surface area (Å²) in [7, 11) is 1.82. The molecule has 5 nitrogen and oxygen atoms in total. The van der Waals surface area contributed by atoms with Crippen LogP contribution in [0, 0.1) is 11.8 Å². The molecule has 0 bridgehead atoms. The van der Waals surface area contributed by atoms with E-state index in [1.54, 1.807) is 0 Å². The van der Waals surface area contributed by atoms with Crippen molar-refractivity contribution < 1.29 is 4.74 Å². The van der Waals surface area contributed by atoms with Crippen LogP contribution in [0.1, 0.15) is 46.5 Å². The average Bonchev–Trinajstić information content (AvgIpc) is 2.54. The minimum Gasteiger partial charge on any atom is -0.380 e. The average molecular weight is 454 g/mol. The van der Waals surface area contributed by atoms with Crippen molar-refractivity contribution in [1.29, 1.82) is 0 Å². The van der Waals surface area contributed by atoms with Crippen molar-refractivity contribution in [2.24, 2.45) is 16.8 Å². The monoisotopic (exact) mass is 454 g/mol. The standard InChI is InChI=1S/C18H38N4O.HI/c1-16(2)8-14-23-15-10-21-18(19-4)20-9-5-11-22-12-6-17(3)7-13-22;/h16-17H,5-15H2,1-4H3,(H2,19,20,21);1H. The fourth-order valence-corrected chi connectivity index (χ4v) is 2.68. The summed E-state index contributed by atoms with van der Waals surface area (Å²) in [6.07, 6.45) is 5.00. The second kappa shape index (κ2) is 15.2. The third kappa shape index (κ3) is 12.3. The van der Waals surface area contributed by atoms with Crippen molar-refractivity contribution in [2.75, 3.05) is 53.0 Å². The van der Waals surface area contributed by atoms with Crippen LogP contribution in [0.4, 0.5) is 0 Å². The first kappa shape index (κ1) is 23.9. The topological polar surface area (TPSA) is 48.9 Å². The number of piperidine rings is 1. The first-order chi connectivity index (χ1) is 11.1. The number of hydrogen-bond acceptors (Lipinski definition) is 3. The van der Waals surface area contributed by atoms with Gasteiger partial charge in [0.15, 0.2) is 5.96 Å². The maximum absolute atomic E-state index is 5.60. The van der Waals surface area contributed by atoms with Gasteiger partial charge in [0, 0.05) is 26.7 Å². The van der Waals surface area contributed by atoms with Crippen LogP contribution in [0.15, 0.2) is 4.99 Å². The fraction of sp³-hybridized carbons (Fsp3) is 0.944. The van der Waals surface area contributed by atoms with E-state index in [-0.39, 0.29) is 24.0 Å². The Morgan fingerprint density at radius 2 is 1.83 bits per heavy atom. The van der Waals surface area contributed by atoms with Gasteiger partial charge in [-0.15, -0.1) is 24.0 Å². The third-order valence-electron chi connectivity index (χ3n) is 4.42. The van der Waals surface area contributed by atoms with Gasteiger partial charge in [-0.05, 0) is 57.2 Å². The van der Waals surface area contributed by atoms with Crippen LogP contribution in [-0.4, -0.2) is 63.8 Å². The molecule has 0 radical (unpaired) electrons. The van der Waals surface area contributed by atoms with Crippen molar-refractivity contribution in [3.05, 3.63) is 0 Å². The molecule has 1 fully saturated rings. The highest BCUT2D eigenvalue weighted by Gasteiger charge is 2.14. The van der Waals surface area contributed by atoms with Crippen molar-refractivity contribution in [2.45, 2.75) is 46.5 Å². The van der Waals surface area contributed by atoms with E-state index in [1.807, 2.05) is 7.05 Å². The van der Waals surface area contributed by atoms with Gasteiger partial charge in [0.25, 0.3) is 0 Å². The van der Waals surface area contributed by atoms with Gasteiger partial charge in [-0.25, -0.2) is 0 Å². The van der Waals surface area contributed by atoms with Crippen LogP contribution in [0.25, 0.3) is 0 Å². The molecule has 1 aliphatic rings. The molecule has 6 heteroatoms. The van der Waals surface area contributed by atoms with E-state index in [0.717, 1.165) is 44.6 Å². The molecule has 24 heavy (non-hydrogen) atoms. The number of nitrogens with zero attached hydrogens (tertiary/aromatic N) is 2. The Labute approximate surface area is 166 Å². The van der Waals surface area contributed by atoms with E-state index in [4.69, 9.17) is 4.74 Å². The summed E-state index contributed by atoms with van der Waals surface area (Å²) in [5.41, 5.74) is 0. The Morgan fingerprint density at radius 3 is 2.46 bits per heavy atom. The zero-order valence-corrected chi connectivity index (χ0v) is 18.5. The molecule has 1 rings (SSSR count). The zero-order valence-electron chi connectivity index (χ0n) is 16.1. The highest BCUT2D eigenvalue weighted by Crippen LogP contribution is 2.15. The lowest BCUT2D eigenvalue weighted by Gasteiger charge is -2.30. The zero-order chi connectivity index (χ0) is 16.9. The number of aliphatic imine (C=N–C) groups is 1. The molecule has 0 aromatic rings. The van der Waals surface area contributed by atoms with Crippen LogP contribution in [-0.2, 0) is 4.74 Å². The van der Waals surface area contributed by atoms with Crippen LogP contribution in [0.5, 0.6) is 0 Å². The maximum Gasteiger partial charge on any atom is 0.191 e. The van der Waals surface area contributed by atoms with E-state index in [0.29, 0.717) is 5.92 Å². The number of hydrogen-bond donors (Lipinski definition) is 2. The molecule has 0 aromatic heterocycles. The highest BCUT2D eigenvalue weighted by molar-refractivity contribution is 14.0. The van der Waals surface area contributed by atoms with Gasteiger partial charge in [0.2, 0.25) is 0 Å². The molecule has 0 atom stereocenters. The van der Waals surface area contributed by atoms with Gasteiger partial charge < -0.3 is 20.3 Å². The van der Waals surface area contributed by atoms with Gasteiger partial charge >= 0.3 is 0 Å². The fourth-order valence-electron chi connectivity index (χ4n) is 2.68. The summed E-state index contributed by atoms with van der Waals surface area (Å²) >= 11 is 0. The van der Waals surface area contributed by atoms with Crippen molar-refractivity contribution in [1.82, 2.24) is 15.5 Å². The van der Waals surface area contributed by atoms with Crippen molar-refractivity contribution in [3.8, 4) is 0 Å². The Balaban J connectivity index is 0.00000529. The Bertz CT molecular complexity index is 318.